The molecule has 14 heavy (non-hydrogen) atoms. The number of imidazole rings is 1. The van der Waals surface area contributed by atoms with Crippen molar-refractivity contribution in [2.24, 2.45) is 0 Å². The first kappa shape index (κ1) is 9.75. The molecule has 0 amide bonds. The van der Waals surface area contributed by atoms with Gasteiger partial charge >= 0.3 is 0 Å². The quantitative estimate of drug-likeness (QED) is 0.758. The highest BCUT2D eigenvalue weighted by Crippen LogP contribution is 2.19. The van der Waals surface area contributed by atoms with Crippen LogP contribution in [0.15, 0.2) is 12.4 Å². The van der Waals surface area contributed by atoms with Crippen LogP contribution < -0.4 is 0 Å². The van der Waals surface area contributed by atoms with Crippen molar-refractivity contribution in [1.82, 2.24) is 14.4 Å². The zero-order chi connectivity index (χ0) is 10.3. The summed E-state index contributed by atoms with van der Waals surface area (Å²) in [5, 5.41) is 0. The molecule has 2 heterocycles. The predicted molar refractivity (Wildman–Crippen MR) is 55.4 cm³/mol. The van der Waals surface area contributed by atoms with Gasteiger partial charge in [-0.15, -0.1) is 0 Å². The zero-order valence-corrected chi connectivity index (χ0v) is 9.37. The average molecular weight is 309 g/mol. The molecule has 2 aromatic heterocycles. The number of aromatic nitrogens is 3. The smallest absolute Gasteiger partial charge is 0.278 e. The van der Waals surface area contributed by atoms with Gasteiger partial charge in [-0.1, -0.05) is 0 Å². The summed E-state index contributed by atoms with van der Waals surface area (Å²) in [6.07, 6.45) is -1.17. The summed E-state index contributed by atoms with van der Waals surface area (Å²) in [5.74, 6) is 0. The molecule has 6 heteroatoms. The molecule has 0 fully saturated rings. The van der Waals surface area contributed by atoms with Crippen molar-refractivity contribution in [3.63, 3.8) is 0 Å². The van der Waals surface area contributed by atoms with Gasteiger partial charge in [-0.2, -0.15) is 0 Å². The summed E-state index contributed by atoms with van der Waals surface area (Å²) >= 11 is 2.10. The molecular formula is C8H6F2IN3. The number of nitrogens with zero attached hydrogens (tertiary/aromatic N) is 3. The van der Waals surface area contributed by atoms with Crippen molar-refractivity contribution >= 4 is 28.2 Å². The normalized spacial score (nSPS) is 11.5. The van der Waals surface area contributed by atoms with Crippen molar-refractivity contribution in [3.05, 3.63) is 27.5 Å². The summed E-state index contributed by atoms with van der Waals surface area (Å²) < 4.78 is 27.2. The molecule has 0 N–H and O–H groups in total. The fourth-order valence-electron chi connectivity index (χ4n) is 1.17. The SMILES string of the molecule is Cc1nc2cc(C(F)F)ncn2c1I. The second-order valence-corrected chi connectivity index (χ2v) is 3.85. The minimum Gasteiger partial charge on any atom is -0.278 e. The van der Waals surface area contributed by atoms with Crippen molar-refractivity contribution in [3.8, 4) is 0 Å². The van der Waals surface area contributed by atoms with E-state index < -0.39 is 6.43 Å². The maximum absolute atomic E-state index is 12.3. The van der Waals surface area contributed by atoms with Crippen molar-refractivity contribution in [2.75, 3.05) is 0 Å². The van der Waals surface area contributed by atoms with E-state index in [1.165, 1.54) is 12.4 Å². The van der Waals surface area contributed by atoms with E-state index in [0.717, 1.165) is 9.39 Å². The number of hydrogen-bond acceptors (Lipinski definition) is 2. The minimum atomic E-state index is -2.55. The zero-order valence-electron chi connectivity index (χ0n) is 7.21. The Labute approximate surface area is 92.3 Å². The molecule has 2 aromatic rings. The second-order valence-electron chi connectivity index (χ2n) is 2.83. The average Bonchev–Trinajstić information content (AvgIpc) is 2.42. The molecule has 0 aliphatic heterocycles. The van der Waals surface area contributed by atoms with Gasteiger partial charge in [0.25, 0.3) is 6.43 Å². The third kappa shape index (κ3) is 1.47. The van der Waals surface area contributed by atoms with E-state index in [1.54, 1.807) is 4.40 Å². The molecule has 0 saturated carbocycles. The second kappa shape index (κ2) is 3.41. The maximum Gasteiger partial charge on any atom is 0.280 e. The summed E-state index contributed by atoms with van der Waals surface area (Å²) in [5.41, 5.74) is 1.09. The van der Waals surface area contributed by atoms with Gasteiger partial charge in [-0.25, -0.2) is 18.7 Å². The largest absolute Gasteiger partial charge is 0.280 e. The number of fused-ring (bicyclic) bond motifs is 1. The first-order chi connectivity index (χ1) is 6.59. The Morgan fingerprint density at radius 3 is 2.86 bits per heavy atom. The molecule has 0 aromatic carbocycles. The first-order valence-corrected chi connectivity index (χ1v) is 4.95. The van der Waals surface area contributed by atoms with Crippen LogP contribution in [0.2, 0.25) is 0 Å². The molecule has 0 spiro atoms. The first-order valence-electron chi connectivity index (χ1n) is 3.88. The fraction of sp³-hybridized carbons (Fsp3) is 0.250. The van der Waals surface area contributed by atoms with Gasteiger partial charge < -0.3 is 0 Å². The van der Waals surface area contributed by atoms with E-state index in [9.17, 15) is 8.78 Å². The third-order valence-corrected chi connectivity index (χ3v) is 3.16. The molecule has 0 saturated heterocycles. The molecule has 0 unspecified atom stereocenters. The Hall–Kier alpha value is -0.790. The lowest BCUT2D eigenvalue weighted by Gasteiger charge is -1.98. The third-order valence-electron chi connectivity index (χ3n) is 1.86. The van der Waals surface area contributed by atoms with Crippen LogP contribution in [-0.4, -0.2) is 14.4 Å². The van der Waals surface area contributed by atoms with Crippen LogP contribution in [0.1, 0.15) is 17.8 Å². The van der Waals surface area contributed by atoms with E-state index in [-0.39, 0.29) is 5.69 Å². The summed E-state index contributed by atoms with van der Waals surface area (Å²) in [7, 11) is 0. The van der Waals surface area contributed by atoms with Gasteiger partial charge in [0, 0.05) is 6.07 Å². The maximum atomic E-state index is 12.3. The number of alkyl halides is 2. The summed E-state index contributed by atoms with van der Waals surface area (Å²) in [6.45, 7) is 1.83. The Morgan fingerprint density at radius 2 is 2.21 bits per heavy atom. The van der Waals surface area contributed by atoms with Crippen LogP contribution in [0.5, 0.6) is 0 Å². The van der Waals surface area contributed by atoms with Crippen molar-refractivity contribution < 1.29 is 8.78 Å². The van der Waals surface area contributed by atoms with E-state index in [4.69, 9.17) is 0 Å². The van der Waals surface area contributed by atoms with Gasteiger partial charge in [0.05, 0.1) is 5.69 Å². The van der Waals surface area contributed by atoms with Crippen LogP contribution in [0.3, 0.4) is 0 Å². The van der Waals surface area contributed by atoms with E-state index in [0.29, 0.717) is 5.65 Å². The Kier molecular flexibility index (Phi) is 2.38. The van der Waals surface area contributed by atoms with Crippen LogP contribution in [0.4, 0.5) is 8.78 Å². The number of rotatable bonds is 1. The molecule has 3 nitrogen and oxygen atoms in total. The lowest BCUT2D eigenvalue weighted by atomic mass is 10.4. The van der Waals surface area contributed by atoms with Gasteiger partial charge in [0.1, 0.15) is 21.4 Å². The lowest BCUT2D eigenvalue weighted by Crippen LogP contribution is -1.95. The molecule has 0 aliphatic rings. The lowest BCUT2D eigenvalue weighted by molar-refractivity contribution is 0.146. The molecule has 2 rings (SSSR count). The molecule has 0 atom stereocenters. The number of aryl methyl sites for hydroxylation is 1. The van der Waals surface area contributed by atoms with E-state index in [1.807, 2.05) is 6.92 Å². The van der Waals surface area contributed by atoms with E-state index in [2.05, 4.69) is 32.6 Å². The van der Waals surface area contributed by atoms with Gasteiger partial charge in [0.15, 0.2) is 0 Å². The molecule has 0 aliphatic carbocycles. The number of hydrogen-bond donors (Lipinski definition) is 0. The summed E-state index contributed by atoms with van der Waals surface area (Å²) in [4.78, 5) is 7.79. The highest BCUT2D eigenvalue weighted by atomic mass is 127. The fourth-order valence-corrected chi connectivity index (χ4v) is 1.66. The Bertz CT molecular complexity index is 481. The predicted octanol–water partition coefficient (Wildman–Crippen LogP) is 2.58. The van der Waals surface area contributed by atoms with Crippen molar-refractivity contribution in [2.45, 2.75) is 13.3 Å². The molecule has 0 radical (unpaired) electrons. The standard InChI is InChI=1S/C8H6F2IN3/c1-4-8(11)14-3-12-5(7(9)10)2-6(14)13-4/h2-3,7H,1H3. The number of halogens is 3. The molecule has 74 valence electrons. The minimum absolute atomic E-state index is 0.237. The van der Waals surface area contributed by atoms with Gasteiger partial charge in [-0.3, -0.25) is 4.40 Å². The highest BCUT2D eigenvalue weighted by Gasteiger charge is 2.12. The Morgan fingerprint density at radius 1 is 1.50 bits per heavy atom. The monoisotopic (exact) mass is 309 g/mol. The van der Waals surface area contributed by atoms with Crippen LogP contribution in [0, 0.1) is 10.6 Å². The molecular weight excluding hydrogens is 303 g/mol. The van der Waals surface area contributed by atoms with Crippen LogP contribution >= 0.6 is 22.6 Å². The Balaban J connectivity index is 2.67. The topological polar surface area (TPSA) is 30.2 Å². The van der Waals surface area contributed by atoms with E-state index >= 15 is 0 Å². The van der Waals surface area contributed by atoms with Crippen LogP contribution in [0.25, 0.3) is 5.65 Å². The van der Waals surface area contributed by atoms with Gasteiger partial charge in [0.2, 0.25) is 0 Å². The van der Waals surface area contributed by atoms with Gasteiger partial charge in [-0.05, 0) is 29.5 Å². The van der Waals surface area contributed by atoms with Crippen LogP contribution in [-0.2, 0) is 0 Å². The molecule has 0 bridgehead atoms. The summed E-state index contributed by atoms with van der Waals surface area (Å²) in [6, 6.07) is 1.31. The van der Waals surface area contributed by atoms with Crippen molar-refractivity contribution in [1.29, 1.82) is 0 Å². The highest BCUT2D eigenvalue weighted by molar-refractivity contribution is 14.1.